The number of aliphatic carboxylic acids is 2. The number of rotatable bonds is 15. The van der Waals surface area contributed by atoms with Crippen LogP contribution in [0.3, 0.4) is 0 Å². The fourth-order valence-corrected chi connectivity index (χ4v) is 2.04. The van der Waals surface area contributed by atoms with Crippen molar-refractivity contribution in [1.29, 1.82) is 0 Å². The molecule has 8 heteroatoms. The third-order valence-corrected chi connectivity index (χ3v) is 3.17. The number of nitrogens with zero attached hydrogens (tertiary/aromatic N) is 2. The lowest BCUT2D eigenvalue weighted by molar-refractivity contribution is -0.140. The van der Waals surface area contributed by atoms with Crippen molar-refractivity contribution < 1.29 is 29.3 Å². The van der Waals surface area contributed by atoms with Crippen molar-refractivity contribution in [3.8, 4) is 0 Å². The molecule has 2 N–H and O–H groups in total. The van der Waals surface area contributed by atoms with Crippen molar-refractivity contribution in [3.05, 3.63) is 0 Å². The third-order valence-electron chi connectivity index (χ3n) is 3.17. The molecule has 0 aromatic heterocycles. The molecule has 142 valence electrons. The fraction of sp³-hybridized carbons (Fsp3) is 0.875. The number of ether oxygens (including phenoxy) is 2. The second-order valence-electron chi connectivity index (χ2n) is 6.18. The number of carboxylic acids is 2. The topological polar surface area (TPSA) is 99.5 Å². The molecular formula is C16H32N2O6. The number of carbonyl (C=O) groups is 2. The zero-order valence-corrected chi connectivity index (χ0v) is 15.2. The lowest BCUT2D eigenvalue weighted by atomic mass is 10.4. The predicted octanol–water partition coefficient (Wildman–Crippen LogP) is 0.610. The highest BCUT2D eigenvalue weighted by atomic mass is 16.5. The van der Waals surface area contributed by atoms with Crippen LogP contribution < -0.4 is 0 Å². The standard InChI is InChI=1S/C16H32N2O6/c1-13(2)23-9-7-17(11-15(19)20)5-6-18(12-16(21)22)8-10-24-14(3)4/h13-14H,5-12H2,1-4H3,(H,19,20)(H,21,22). The molecule has 0 aliphatic heterocycles. The molecule has 8 nitrogen and oxygen atoms in total. The van der Waals surface area contributed by atoms with Crippen LogP contribution in [0.25, 0.3) is 0 Å². The Morgan fingerprint density at radius 1 is 0.750 bits per heavy atom. The molecule has 0 fully saturated rings. The van der Waals surface area contributed by atoms with E-state index in [1.54, 1.807) is 9.80 Å². The van der Waals surface area contributed by atoms with Crippen LogP contribution in [-0.4, -0.2) is 96.6 Å². The maximum Gasteiger partial charge on any atom is 0.317 e. The van der Waals surface area contributed by atoms with Crippen molar-refractivity contribution in [1.82, 2.24) is 9.80 Å². The SMILES string of the molecule is CC(C)OCCN(CCN(CCOC(C)C)CC(=O)O)CC(=O)O. The van der Waals surface area contributed by atoms with Crippen molar-refractivity contribution >= 4 is 11.9 Å². The van der Waals surface area contributed by atoms with Gasteiger partial charge in [-0.15, -0.1) is 0 Å². The van der Waals surface area contributed by atoms with E-state index in [4.69, 9.17) is 19.7 Å². The van der Waals surface area contributed by atoms with Gasteiger partial charge in [-0.05, 0) is 27.7 Å². The molecule has 0 aromatic carbocycles. The van der Waals surface area contributed by atoms with E-state index in [1.165, 1.54) is 0 Å². The molecule has 0 aromatic rings. The summed E-state index contributed by atoms with van der Waals surface area (Å²) < 4.78 is 10.9. The molecule has 0 spiro atoms. The lowest BCUT2D eigenvalue weighted by Crippen LogP contribution is -2.42. The van der Waals surface area contributed by atoms with Gasteiger partial charge in [-0.2, -0.15) is 0 Å². The van der Waals surface area contributed by atoms with Gasteiger partial charge < -0.3 is 19.7 Å². The first-order chi connectivity index (χ1) is 11.2. The molecule has 0 radical (unpaired) electrons. The predicted molar refractivity (Wildman–Crippen MR) is 90.3 cm³/mol. The van der Waals surface area contributed by atoms with Crippen LogP contribution >= 0.6 is 0 Å². The molecule has 0 heterocycles. The van der Waals surface area contributed by atoms with E-state index in [2.05, 4.69) is 0 Å². The van der Waals surface area contributed by atoms with Gasteiger partial charge in [0.25, 0.3) is 0 Å². The number of hydrogen-bond donors (Lipinski definition) is 2. The Kier molecular flexibility index (Phi) is 12.4. The second kappa shape index (κ2) is 13.1. The van der Waals surface area contributed by atoms with Gasteiger partial charge in [0.05, 0.1) is 38.5 Å². The highest BCUT2D eigenvalue weighted by molar-refractivity contribution is 5.69. The van der Waals surface area contributed by atoms with Gasteiger partial charge in [-0.1, -0.05) is 0 Å². The van der Waals surface area contributed by atoms with E-state index in [-0.39, 0.29) is 25.3 Å². The second-order valence-corrected chi connectivity index (χ2v) is 6.18. The van der Waals surface area contributed by atoms with Crippen molar-refractivity contribution in [2.24, 2.45) is 0 Å². The molecule has 0 amide bonds. The maximum atomic E-state index is 11.0. The quantitative estimate of drug-likeness (QED) is 0.444. The molecule has 0 aliphatic rings. The summed E-state index contributed by atoms with van der Waals surface area (Å²) in [4.78, 5) is 25.4. The molecule has 0 aliphatic carbocycles. The van der Waals surface area contributed by atoms with Gasteiger partial charge in [-0.25, -0.2) is 0 Å². The molecule has 0 unspecified atom stereocenters. The monoisotopic (exact) mass is 348 g/mol. The van der Waals surface area contributed by atoms with Crippen LogP contribution in [-0.2, 0) is 19.1 Å². The summed E-state index contributed by atoms with van der Waals surface area (Å²) in [6.07, 6.45) is 0.182. The summed E-state index contributed by atoms with van der Waals surface area (Å²) in [6, 6.07) is 0. The minimum Gasteiger partial charge on any atom is -0.480 e. The first-order valence-corrected chi connectivity index (χ1v) is 8.32. The molecule has 0 saturated heterocycles. The van der Waals surface area contributed by atoms with E-state index >= 15 is 0 Å². The summed E-state index contributed by atoms with van der Waals surface area (Å²) >= 11 is 0. The van der Waals surface area contributed by atoms with Gasteiger partial charge in [-0.3, -0.25) is 19.4 Å². The maximum absolute atomic E-state index is 11.0. The van der Waals surface area contributed by atoms with Crippen molar-refractivity contribution in [2.45, 2.75) is 39.9 Å². The smallest absolute Gasteiger partial charge is 0.317 e. The Hall–Kier alpha value is -1.22. The molecule has 0 atom stereocenters. The first-order valence-electron chi connectivity index (χ1n) is 8.32. The molecular weight excluding hydrogens is 316 g/mol. The van der Waals surface area contributed by atoms with Gasteiger partial charge in [0.1, 0.15) is 0 Å². The Bertz CT molecular complexity index is 328. The van der Waals surface area contributed by atoms with E-state index in [0.717, 1.165) is 0 Å². The lowest BCUT2D eigenvalue weighted by Gasteiger charge is -2.26. The van der Waals surface area contributed by atoms with E-state index < -0.39 is 11.9 Å². The van der Waals surface area contributed by atoms with Crippen LogP contribution in [0, 0.1) is 0 Å². The fourth-order valence-electron chi connectivity index (χ4n) is 2.04. The summed E-state index contributed by atoms with van der Waals surface area (Å²) in [5, 5.41) is 18.0. The van der Waals surface area contributed by atoms with Crippen LogP contribution in [0.1, 0.15) is 27.7 Å². The van der Waals surface area contributed by atoms with Crippen LogP contribution in [0.15, 0.2) is 0 Å². The highest BCUT2D eigenvalue weighted by Crippen LogP contribution is 1.97. The first kappa shape index (κ1) is 22.8. The van der Waals surface area contributed by atoms with Gasteiger partial charge >= 0.3 is 11.9 Å². The van der Waals surface area contributed by atoms with E-state index in [9.17, 15) is 9.59 Å². The minimum absolute atomic E-state index is 0.0911. The number of carboxylic acid groups (broad SMARTS) is 2. The van der Waals surface area contributed by atoms with Gasteiger partial charge in [0, 0.05) is 26.2 Å². The summed E-state index contributed by atoms with van der Waals surface area (Å²) in [6.45, 7) is 10.3. The average Bonchev–Trinajstić information content (AvgIpc) is 2.42. The third kappa shape index (κ3) is 14.4. The largest absolute Gasteiger partial charge is 0.480 e. The van der Waals surface area contributed by atoms with Crippen LogP contribution in [0.5, 0.6) is 0 Å². The Morgan fingerprint density at radius 3 is 1.33 bits per heavy atom. The summed E-state index contributed by atoms with van der Waals surface area (Å²) in [5.41, 5.74) is 0. The normalized spacial score (nSPS) is 11.8. The Balaban J connectivity index is 4.40. The summed E-state index contributed by atoms with van der Waals surface area (Å²) in [7, 11) is 0. The van der Waals surface area contributed by atoms with E-state index in [1.807, 2.05) is 27.7 Å². The minimum atomic E-state index is -0.910. The summed E-state index contributed by atoms with van der Waals surface area (Å²) in [5.74, 6) is -1.82. The van der Waals surface area contributed by atoms with Gasteiger partial charge in [0.2, 0.25) is 0 Å². The Labute approximate surface area is 144 Å². The van der Waals surface area contributed by atoms with Crippen LogP contribution in [0.2, 0.25) is 0 Å². The molecule has 0 rings (SSSR count). The molecule has 0 saturated carbocycles. The zero-order chi connectivity index (χ0) is 18.5. The van der Waals surface area contributed by atoms with E-state index in [0.29, 0.717) is 39.4 Å². The van der Waals surface area contributed by atoms with Crippen molar-refractivity contribution in [2.75, 3.05) is 52.5 Å². The Morgan fingerprint density at radius 2 is 1.08 bits per heavy atom. The molecule has 24 heavy (non-hydrogen) atoms. The highest BCUT2D eigenvalue weighted by Gasteiger charge is 2.14. The van der Waals surface area contributed by atoms with Crippen molar-refractivity contribution in [3.63, 3.8) is 0 Å². The number of hydrogen-bond acceptors (Lipinski definition) is 6. The average molecular weight is 348 g/mol. The van der Waals surface area contributed by atoms with Gasteiger partial charge in [0.15, 0.2) is 0 Å². The van der Waals surface area contributed by atoms with Crippen LogP contribution in [0.4, 0.5) is 0 Å². The molecule has 0 bridgehead atoms. The zero-order valence-electron chi connectivity index (χ0n) is 15.2.